The Balaban J connectivity index is 0.000000172. The van der Waals surface area contributed by atoms with Gasteiger partial charge in [-0.3, -0.25) is 24.0 Å². The first kappa shape index (κ1) is 84.2. The van der Waals surface area contributed by atoms with Crippen molar-refractivity contribution in [1.82, 2.24) is 0 Å². The highest BCUT2D eigenvalue weighted by Crippen LogP contribution is 2.63. The van der Waals surface area contributed by atoms with Gasteiger partial charge in [0, 0.05) is 47.4 Å². The van der Waals surface area contributed by atoms with Crippen LogP contribution in [0.5, 0.6) is 5.75 Å². The molecule has 10 aliphatic carbocycles. The SMILES string of the molecule is CCC(C)(C)C(=O)OC1(C(C)C)C2CC3CC(C2)CC1C3.CCC(C)(C)C(=O)OC1C2CC3(O)CC1CC(O)(C2)C3.CCC(C)(C)C(=O)OC1C2CC3C(=O)OC1C3C2.CCC(C)(C)C(=O)OC1CSCCS1.CCC(C)c1ccc(C(C)(O)C(F)(F)F)cc1.CCC(C)c1ccc(O)cc1. The van der Waals surface area contributed by atoms with Gasteiger partial charge in [0.25, 0.3) is 0 Å². The highest BCUT2D eigenvalue weighted by molar-refractivity contribution is 8.06. The van der Waals surface area contributed by atoms with Gasteiger partial charge in [-0.05, 0) is 242 Å². The highest BCUT2D eigenvalue weighted by Gasteiger charge is 2.65. The summed E-state index contributed by atoms with van der Waals surface area (Å²) < 4.78 is 66.5. The fourth-order valence-corrected chi connectivity index (χ4v) is 19.6. The standard InChI is InChI=1S/C19H32O2.C16H26O4.C14H20O4.C13H17F3O.C10H18O2S2.C10H14O/c1-6-18(4,5)17(20)21-19(12(2)3)15-8-13-7-14(10-15)11-16(19)9-13;1-4-14(2,3)13(17)20-12-10-5-15(18)7-11(12)8-16(19,6-10)9-15;1-4-14(2,3)13(16)18-10-7-5-8-9(6-7)12(15)17-11(8)10;1-4-9(2)10-5-7-11(8-6-10)12(3,17)13(14,15)16;1-4-10(2,3)9(11)12-8-7-13-5-6-14-8;1-3-8(2)9-4-6-10(11)7-5-9/h12-16H,6-11H2,1-5H3;10-12,18-19H,4-9H2,1-3H3;7-11H,4-6H2,1-3H3;5-9,17H,4H2,1-3H3;8H,4-7H2,1-3H3;4-8,11H,3H2,1-2H3. The Labute approximate surface area is 611 Å². The van der Waals surface area contributed by atoms with Gasteiger partial charge in [0.05, 0.1) is 38.8 Å². The van der Waals surface area contributed by atoms with Crippen molar-refractivity contribution < 1.29 is 81.3 Å². The maximum Gasteiger partial charge on any atom is 0.421 e. The van der Waals surface area contributed by atoms with Crippen LogP contribution in [0.15, 0.2) is 48.5 Å². The number of carbonyl (C=O) groups is 5. The van der Waals surface area contributed by atoms with Crippen molar-refractivity contribution in [2.24, 2.45) is 80.8 Å². The smallest absolute Gasteiger partial charge is 0.421 e. The van der Waals surface area contributed by atoms with Crippen LogP contribution in [-0.4, -0.2) is 114 Å². The summed E-state index contributed by atoms with van der Waals surface area (Å²) in [5, 5.41) is 39.5. The number of halogens is 3. The number of thioether (sulfide) groups is 2. The second-order valence-corrected chi connectivity index (χ2v) is 37.4. The van der Waals surface area contributed by atoms with Crippen LogP contribution < -0.4 is 0 Å². The second-order valence-electron chi connectivity index (χ2n) is 34.9. The average molecular weight is 1460 g/mol. The van der Waals surface area contributed by atoms with E-state index in [1.807, 2.05) is 114 Å². The van der Waals surface area contributed by atoms with Gasteiger partial charge in [-0.25, -0.2) is 0 Å². The Kier molecular flexibility index (Phi) is 27.9. The molecule has 0 spiro atoms. The number of carbonyl (C=O) groups excluding carboxylic acids is 5. The van der Waals surface area contributed by atoms with Gasteiger partial charge in [0.1, 0.15) is 29.7 Å². The van der Waals surface area contributed by atoms with Gasteiger partial charge in [-0.2, -0.15) is 24.9 Å². The zero-order valence-electron chi connectivity index (χ0n) is 64.5. The van der Waals surface area contributed by atoms with Crippen molar-refractivity contribution in [2.75, 3.05) is 17.3 Å². The zero-order chi connectivity index (χ0) is 75.4. The topological polar surface area (TPSA) is 212 Å². The molecular formula is C82H127F3O14S2. The number of hydrogen-bond acceptors (Lipinski definition) is 16. The van der Waals surface area contributed by atoms with Crippen molar-refractivity contribution in [1.29, 1.82) is 0 Å². The molecule has 10 bridgehead atoms. The lowest BCUT2D eigenvalue weighted by Crippen LogP contribution is -2.64. The van der Waals surface area contributed by atoms with Crippen molar-refractivity contribution in [2.45, 2.75) is 311 Å². The Morgan fingerprint density at radius 3 is 1.41 bits per heavy atom. The van der Waals surface area contributed by atoms with E-state index in [1.165, 1.54) is 55.6 Å². The summed E-state index contributed by atoms with van der Waals surface area (Å²) in [6.45, 7) is 37.3. The van der Waals surface area contributed by atoms with Crippen molar-refractivity contribution in [3.63, 3.8) is 0 Å². The summed E-state index contributed by atoms with van der Waals surface area (Å²) in [6.07, 6.45) is 11.7. The normalized spacial score (nSPS) is 32.8. The minimum Gasteiger partial charge on any atom is -0.508 e. The molecule has 0 radical (unpaired) electrons. The van der Waals surface area contributed by atoms with E-state index in [9.17, 15) is 52.5 Å². The number of benzene rings is 2. The molecule has 14 nitrogen and oxygen atoms in total. The molecule has 4 N–H and O–H groups in total. The van der Waals surface area contributed by atoms with Crippen molar-refractivity contribution in [3.05, 3.63) is 65.2 Å². The lowest BCUT2D eigenvalue weighted by molar-refractivity contribution is -0.258. The highest BCUT2D eigenvalue weighted by atomic mass is 32.2. The van der Waals surface area contributed by atoms with Gasteiger partial charge < -0.3 is 44.1 Å². The van der Waals surface area contributed by atoms with E-state index in [-0.39, 0.29) is 93.3 Å². The second kappa shape index (κ2) is 33.4. The lowest BCUT2D eigenvalue weighted by atomic mass is 9.47. The van der Waals surface area contributed by atoms with Gasteiger partial charge in [0.15, 0.2) is 11.0 Å². The summed E-state index contributed by atoms with van der Waals surface area (Å²) in [7, 11) is 0. The summed E-state index contributed by atoms with van der Waals surface area (Å²) in [4.78, 5) is 60.5. The number of rotatable bonds is 18. The molecule has 2 saturated heterocycles. The molecule has 2 heterocycles. The molecule has 12 aliphatic rings. The van der Waals surface area contributed by atoms with E-state index in [0.717, 1.165) is 87.2 Å². The fraction of sp³-hybridized carbons (Fsp3) is 0.793. The van der Waals surface area contributed by atoms with Crippen LogP contribution in [0.4, 0.5) is 13.2 Å². The number of ether oxygens (including phenoxy) is 5. The first-order valence-corrected chi connectivity index (χ1v) is 40.5. The molecular weight excluding hydrogens is 1330 g/mol. The molecule has 2 aromatic carbocycles. The summed E-state index contributed by atoms with van der Waals surface area (Å²) in [5.41, 5.74) is -3.79. The van der Waals surface area contributed by atoms with Gasteiger partial charge in [-0.15, -0.1) is 11.8 Å². The van der Waals surface area contributed by atoms with E-state index in [2.05, 4.69) is 34.6 Å². The zero-order valence-corrected chi connectivity index (χ0v) is 66.2. The van der Waals surface area contributed by atoms with Gasteiger partial charge in [-0.1, -0.05) is 106 Å². The average Bonchev–Trinajstić information content (AvgIpc) is 1.26. The van der Waals surface area contributed by atoms with Crippen LogP contribution in [0.1, 0.15) is 276 Å². The molecule has 19 heteroatoms. The monoisotopic (exact) mass is 1460 g/mol. The Morgan fingerprint density at radius 1 is 0.574 bits per heavy atom. The molecule has 0 amide bonds. The third kappa shape index (κ3) is 19.6. The van der Waals surface area contributed by atoms with Crippen LogP contribution in [0.25, 0.3) is 0 Å². The third-order valence-corrected chi connectivity index (χ3v) is 28.3. The number of alkyl halides is 3. The number of esters is 5. The molecule has 14 rings (SSSR count). The molecule has 2 aliphatic heterocycles. The molecule has 101 heavy (non-hydrogen) atoms. The molecule has 572 valence electrons. The minimum absolute atomic E-state index is 0.0335. The molecule has 10 saturated carbocycles. The number of aromatic hydroxyl groups is 1. The summed E-state index contributed by atoms with van der Waals surface area (Å²) in [5.74, 6) is 8.46. The number of phenolic OH excluding ortho intramolecular Hbond substituents is 1. The summed E-state index contributed by atoms with van der Waals surface area (Å²) >= 11 is 3.62. The molecule has 9 unspecified atom stereocenters. The van der Waals surface area contributed by atoms with Crippen LogP contribution in [0.2, 0.25) is 0 Å². The number of phenols is 1. The van der Waals surface area contributed by atoms with Gasteiger partial charge >= 0.3 is 36.0 Å². The molecule has 9 atom stereocenters. The largest absolute Gasteiger partial charge is 0.508 e. The van der Waals surface area contributed by atoms with Crippen LogP contribution in [0, 0.1) is 80.8 Å². The molecule has 2 aromatic rings. The Bertz CT molecular complexity index is 3020. The third-order valence-electron chi connectivity index (χ3n) is 25.7. The van der Waals surface area contributed by atoms with Crippen LogP contribution >= 0.6 is 23.5 Å². The van der Waals surface area contributed by atoms with E-state index < -0.39 is 33.8 Å². The van der Waals surface area contributed by atoms with Crippen LogP contribution in [0.3, 0.4) is 0 Å². The number of hydrogen-bond donors (Lipinski definition) is 4. The quantitative estimate of drug-likeness (QED) is 0.0807. The number of fused-ring (bicyclic) bond motifs is 1. The van der Waals surface area contributed by atoms with Crippen molar-refractivity contribution >= 4 is 53.4 Å². The van der Waals surface area contributed by atoms with Gasteiger partial charge in [0.2, 0.25) is 0 Å². The van der Waals surface area contributed by atoms with E-state index in [4.69, 9.17) is 28.8 Å². The first-order chi connectivity index (χ1) is 46.9. The Morgan fingerprint density at radius 2 is 1.00 bits per heavy atom. The maximum atomic E-state index is 12.8. The maximum absolute atomic E-state index is 12.8. The van der Waals surface area contributed by atoms with E-state index in [0.29, 0.717) is 79.3 Å². The minimum atomic E-state index is -4.66. The number of aliphatic hydroxyl groups is 3. The first-order valence-electron chi connectivity index (χ1n) is 38.3. The molecule has 0 aromatic heterocycles. The lowest BCUT2D eigenvalue weighted by Gasteiger charge is -2.62. The predicted molar refractivity (Wildman–Crippen MR) is 394 cm³/mol. The fourth-order valence-electron chi connectivity index (χ4n) is 17.2. The Hall–Kier alpha value is -4.04. The van der Waals surface area contributed by atoms with E-state index in [1.54, 1.807) is 36.0 Å². The van der Waals surface area contributed by atoms with Crippen LogP contribution in [-0.2, 0) is 53.3 Å². The van der Waals surface area contributed by atoms with Crippen molar-refractivity contribution in [3.8, 4) is 5.75 Å². The molecule has 12 fully saturated rings. The van der Waals surface area contributed by atoms with E-state index >= 15 is 0 Å². The summed E-state index contributed by atoms with van der Waals surface area (Å²) in [6, 6.07) is 13.4. The predicted octanol–water partition coefficient (Wildman–Crippen LogP) is 18.4.